The van der Waals surface area contributed by atoms with Gasteiger partial charge in [-0.3, -0.25) is 9.73 Å². The molecule has 0 radical (unpaired) electrons. The van der Waals surface area contributed by atoms with Crippen molar-refractivity contribution in [3.63, 3.8) is 0 Å². The quantitative estimate of drug-likeness (QED) is 0.585. The Hall–Kier alpha value is -1.84. The van der Waals surface area contributed by atoms with E-state index in [9.17, 15) is 4.79 Å². The van der Waals surface area contributed by atoms with Crippen LogP contribution in [0.5, 0.6) is 0 Å². The molecule has 0 fully saturated rings. The third-order valence-corrected chi connectivity index (χ3v) is 1.40. The Labute approximate surface area is 82.5 Å². The zero-order valence-corrected chi connectivity index (χ0v) is 8.15. The number of nitrogens with one attached hydrogen (secondary N) is 1. The molecule has 0 aromatic heterocycles. The van der Waals surface area contributed by atoms with Crippen LogP contribution in [0.4, 0.5) is 0 Å². The van der Waals surface area contributed by atoms with Crippen molar-refractivity contribution in [2.75, 3.05) is 0 Å². The van der Waals surface area contributed by atoms with Crippen molar-refractivity contribution in [1.82, 2.24) is 5.48 Å². The van der Waals surface area contributed by atoms with E-state index in [1.807, 2.05) is 6.07 Å². The Morgan fingerprint density at radius 1 is 1.29 bits per heavy atom. The largest absolute Gasteiger partial charge is 0.285 e. The van der Waals surface area contributed by atoms with Crippen LogP contribution in [0.2, 0.25) is 0 Å². The SMILES string of the molecule is CC(C)=NONC(=O)c1ccccc1. The van der Waals surface area contributed by atoms with Crippen molar-refractivity contribution >= 4 is 11.6 Å². The van der Waals surface area contributed by atoms with E-state index in [0.717, 1.165) is 5.71 Å². The van der Waals surface area contributed by atoms with Crippen molar-refractivity contribution in [1.29, 1.82) is 0 Å². The van der Waals surface area contributed by atoms with Gasteiger partial charge in [-0.15, -0.1) is 0 Å². The van der Waals surface area contributed by atoms with Crippen LogP contribution in [-0.4, -0.2) is 11.6 Å². The van der Waals surface area contributed by atoms with Gasteiger partial charge >= 0.3 is 0 Å². The maximum Gasteiger partial charge on any atom is 0.285 e. The average Bonchev–Trinajstić information content (AvgIpc) is 2.18. The van der Waals surface area contributed by atoms with E-state index in [0.29, 0.717) is 5.56 Å². The second kappa shape index (κ2) is 5.01. The van der Waals surface area contributed by atoms with Gasteiger partial charge in [0.2, 0.25) is 0 Å². The van der Waals surface area contributed by atoms with Gasteiger partial charge in [0.15, 0.2) is 0 Å². The van der Waals surface area contributed by atoms with E-state index >= 15 is 0 Å². The molecule has 1 aromatic carbocycles. The smallest absolute Gasteiger partial charge is 0.268 e. The third kappa shape index (κ3) is 3.26. The molecular weight excluding hydrogens is 180 g/mol. The molecular formula is C10H12N2O2. The molecule has 4 heteroatoms. The van der Waals surface area contributed by atoms with Crippen LogP contribution in [0.1, 0.15) is 24.2 Å². The fourth-order valence-corrected chi connectivity index (χ4v) is 0.804. The van der Waals surface area contributed by atoms with Crippen molar-refractivity contribution in [3.8, 4) is 0 Å². The molecule has 0 saturated carbocycles. The molecule has 0 heterocycles. The maximum absolute atomic E-state index is 11.3. The first-order valence-electron chi connectivity index (χ1n) is 4.23. The minimum atomic E-state index is -0.310. The van der Waals surface area contributed by atoms with Gasteiger partial charge in [0.25, 0.3) is 5.91 Å². The molecule has 1 rings (SSSR count). The molecule has 1 aromatic rings. The van der Waals surface area contributed by atoms with Crippen LogP contribution in [0.3, 0.4) is 0 Å². The highest BCUT2D eigenvalue weighted by Gasteiger charge is 2.02. The summed E-state index contributed by atoms with van der Waals surface area (Å²) >= 11 is 0. The van der Waals surface area contributed by atoms with Gasteiger partial charge in [0, 0.05) is 5.56 Å². The van der Waals surface area contributed by atoms with E-state index < -0.39 is 0 Å². The Balaban J connectivity index is 2.48. The van der Waals surface area contributed by atoms with Gasteiger partial charge in [-0.1, -0.05) is 23.4 Å². The summed E-state index contributed by atoms with van der Waals surface area (Å²) in [5, 5.41) is 3.57. The zero-order chi connectivity index (χ0) is 10.4. The Morgan fingerprint density at radius 3 is 2.50 bits per heavy atom. The number of carbonyl (C=O) groups is 1. The molecule has 0 bridgehead atoms. The molecule has 1 amide bonds. The van der Waals surface area contributed by atoms with Gasteiger partial charge < -0.3 is 0 Å². The number of nitrogens with zero attached hydrogens (tertiary/aromatic N) is 1. The van der Waals surface area contributed by atoms with Crippen LogP contribution in [0.15, 0.2) is 35.5 Å². The first-order valence-corrected chi connectivity index (χ1v) is 4.23. The highest BCUT2D eigenvalue weighted by Crippen LogP contribution is 1.97. The predicted octanol–water partition coefficient (Wildman–Crippen LogP) is 1.74. The predicted molar refractivity (Wildman–Crippen MR) is 53.8 cm³/mol. The summed E-state index contributed by atoms with van der Waals surface area (Å²) in [6.07, 6.45) is 0. The first kappa shape index (κ1) is 10.2. The fourth-order valence-electron chi connectivity index (χ4n) is 0.804. The van der Waals surface area contributed by atoms with Crippen LogP contribution in [-0.2, 0) is 4.94 Å². The molecule has 1 N–H and O–H groups in total. The average molecular weight is 192 g/mol. The van der Waals surface area contributed by atoms with E-state index in [-0.39, 0.29) is 5.91 Å². The number of amides is 1. The molecule has 0 aliphatic heterocycles. The lowest BCUT2D eigenvalue weighted by molar-refractivity contribution is 0.0341. The number of benzene rings is 1. The Kier molecular flexibility index (Phi) is 3.67. The van der Waals surface area contributed by atoms with Crippen LogP contribution in [0.25, 0.3) is 0 Å². The van der Waals surface area contributed by atoms with Gasteiger partial charge in [0.1, 0.15) is 0 Å². The summed E-state index contributed by atoms with van der Waals surface area (Å²) in [6, 6.07) is 8.79. The van der Waals surface area contributed by atoms with Crippen molar-refractivity contribution in [2.24, 2.45) is 5.16 Å². The summed E-state index contributed by atoms with van der Waals surface area (Å²) in [6.45, 7) is 3.54. The molecule has 14 heavy (non-hydrogen) atoms. The number of hydrogen-bond donors (Lipinski definition) is 1. The second-order valence-electron chi connectivity index (χ2n) is 2.93. The minimum absolute atomic E-state index is 0.310. The van der Waals surface area contributed by atoms with Gasteiger partial charge in [-0.2, -0.15) is 5.48 Å². The lowest BCUT2D eigenvalue weighted by atomic mass is 10.2. The fraction of sp³-hybridized carbons (Fsp3) is 0.200. The topological polar surface area (TPSA) is 50.7 Å². The van der Waals surface area contributed by atoms with Gasteiger partial charge in [-0.05, 0) is 26.0 Å². The molecule has 0 aliphatic rings. The van der Waals surface area contributed by atoms with E-state index in [1.54, 1.807) is 38.1 Å². The summed E-state index contributed by atoms with van der Waals surface area (Å²) < 4.78 is 0. The zero-order valence-electron chi connectivity index (χ0n) is 8.15. The van der Waals surface area contributed by atoms with E-state index in [1.165, 1.54) is 0 Å². The molecule has 0 aliphatic carbocycles. The maximum atomic E-state index is 11.3. The molecule has 0 unspecified atom stereocenters. The second-order valence-corrected chi connectivity index (χ2v) is 2.93. The van der Waals surface area contributed by atoms with Crippen LogP contribution < -0.4 is 5.48 Å². The Morgan fingerprint density at radius 2 is 1.93 bits per heavy atom. The van der Waals surface area contributed by atoms with Crippen molar-refractivity contribution < 1.29 is 9.73 Å². The highest BCUT2D eigenvalue weighted by molar-refractivity contribution is 5.93. The first-order chi connectivity index (χ1) is 6.70. The standard InChI is InChI=1S/C10H12N2O2/c1-8(2)11-14-12-10(13)9-6-4-3-5-7-9/h3-7H,1-2H3,(H,12,13). The number of hydrogen-bond acceptors (Lipinski definition) is 3. The van der Waals surface area contributed by atoms with Crippen LogP contribution >= 0.6 is 0 Å². The molecule has 0 saturated heterocycles. The lowest BCUT2D eigenvalue weighted by Gasteiger charge is -2.01. The summed E-state index contributed by atoms with van der Waals surface area (Å²) in [5.41, 5.74) is 3.48. The summed E-state index contributed by atoms with van der Waals surface area (Å²) in [7, 11) is 0. The molecule has 0 atom stereocenters. The number of oxime groups is 1. The van der Waals surface area contributed by atoms with E-state index in [2.05, 4.69) is 15.6 Å². The van der Waals surface area contributed by atoms with E-state index in [4.69, 9.17) is 0 Å². The summed E-state index contributed by atoms with van der Waals surface area (Å²) in [5.74, 6) is -0.310. The molecule has 74 valence electrons. The highest BCUT2D eigenvalue weighted by atomic mass is 16.8. The number of carbonyl (C=O) groups excluding carboxylic acids is 1. The van der Waals surface area contributed by atoms with Crippen molar-refractivity contribution in [2.45, 2.75) is 13.8 Å². The van der Waals surface area contributed by atoms with Crippen molar-refractivity contribution in [3.05, 3.63) is 35.9 Å². The molecule has 4 nitrogen and oxygen atoms in total. The summed E-state index contributed by atoms with van der Waals surface area (Å²) in [4.78, 5) is 15.9. The number of hydroxylamine groups is 1. The normalized spacial score (nSPS) is 9.00. The van der Waals surface area contributed by atoms with Gasteiger partial charge in [0.05, 0.1) is 5.71 Å². The Bertz CT molecular complexity index is 329. The van der Waals surface area contributed by atoms with Gasteiger partial charge in [-0.25, -0.2) is 0 Å². The lowest BCUT2D eigenvalue weighted by Crippen LogP contribution is -2.21. The third-order valence-electron chi connectivity index (χ3n) is 1.40. The van der Waals surface area contributed by atoms with Crippen LogP contribution in [0, 0.1) is 0 Å². The minimum Gasteiger partial charge on any atom is -0.268 e. The molecule has 0 spiro atoms. The monoisotopic (exact) mass is 192 g/mol. The number of rotatable bonds is 3.